The minimum Gasteiger partial charge on any atom is -0.357 e. The second kappa shape index (κ2) is 8.70. The molecular weight excluding hydrogens is 311 g/mol. The van der Waals surface area contributed by atoms with Gasteiger partial charge >= 0.3 is 6.18 Å². The Labute approximate surface area is 134 Å². The summed E-state index contributed by atoms with van der Waals surface area (Å²) in [6.07, 6.45) is -2.72. The number of nitrogens with zero attached hydrogens (tertiary/aromatic N) is 6. The number of rotatable bonds is 7. The summed E-state index contributed by atoms with van der Waals surface area (Å²) in [6, 6.07) is 0. The van der Waals surface area contributed by atoms with Crippen LogP contribution in [0, 0.1) is 0 Å². The number of hydrogen-bond donors (Lipinski definition) is 1. The number of aliphatic imine (C=N–C) groups is 1. The molecule has 0 aromatic carbocycles. The van der Waals surface area contributed by atoms with Crippen molar-refractivity contribution in [2.75, 3.05) is 40.3 Å². The fourth-order valence-corrected chi connectivity index (χ4v) is 1.93. The lowest BCUT2D eigenvalue weighted by molar-refractivity contribution is -0.142. The summed E-state index contributed by atoms with van der Waals surface area (Å²) in [5, 5.41) is 7.11. The van der Waals surface area contributed by atoms with E-state index in [-0.39, 0.29) is 13.1 Å². The predicted molar refractivity (Wildman–Crippen MR) is 82.0 cm³/mol. The van der Waals surface area contributed by atoms with Crippen molar-refractivity contribution in [1.82, 2.24) is 29.9 Å². The third-order valence-electron chi connectivity index (χ3n) is 3.07. The molecule has 0 spiro atoms. The first-order chi connectivity index (χ1) is 10.7. The van der Waals surface area contributed by atoms with E-state index >= 15 is 0 Å². The molecule has 132 valence electrons. The molecule has 1 heterocycles. The van der Waals surface area contributed by atoms with Gasteiger partial charge in [-0.3, -0.25) is 14.6 Å². The van der Waals surface area contributed by atoms with Crippen LogP contribution < -0.4 is 5.32 Å². The molecule has 1 N–H and O–H groups in total. The molecule has 0 atom stereocenters. The van der Waals surface area contributed by atoms with Crippen molar-refractivity contribution in [3.8, 4) is 0 Å². The number of aryl methyl sites for hydroxylation is 1. The quantitative estimate of drug-likeness (QED) is 0.587. The summed E-state index contributed by atoms with van der Waals surface area (Å²) in [4.78, 5) is 11.6. The molecule has 1 aromatic rings. The zero-order valence-electron chi connectivity index (χ0n) is 13.9. The maximum Gasteiger partial charge on any atom is 0.401 e. The average molecular weight is 335 g/mol. The molecule has 23 heavy (non-hydrogen) atoms. The summed E-state index contributed by atoms with van der Waals surface area (Å²) in [5.41, 5.74) is 0. The average Bonchev–Trinajstić information content (AvgIpc) is 2.81. The molecule has 0 saturated carbocycles. The molecule has 0 aliphatic heterocycles. The summed E-state index contributed by atoms with van der Waals surface area (Å²) in [7, 11) is 5.07. The zero-order chi connectivity index (χ0) is 17.5. The van der Waals surface area contributed by atoms with Crippen LogP contribution in [0.3, 0.4) is 0 Å². The number of halogens is 3. The first-order valence-electron chi connectivity index (χ1n) is 7.30. The molecular formula is C13H24F3N7. The van der Waals surface area contributed by atoms with Crippen LogP contribution in [0.15, 0.2) is 11.3 Å². The van der Waals surface area contributed by atoms with Crippen LogP contribution in [0.25, 0.3) is 0 Å². The SMILES string of the molecule is CCNC(=NCCN(C)CC(F)(F)F)N(C)Cc1ncnn1C. The highest BCUT2D eigenvalue weighted by molar-refractivity contribution is 5.79. The van der Waals surface area contributed by atoms with E-state index in [1.165, 1.54) is 18.3 Å². The maximum atomic E-state index is 12.3. The summed E-state index contributed by atoms with van der Waals surface area (Å²) >= 11 is 0. The van der Waals surface area contributed by atoms with Gasteiger partial charge in [0.1, 0.15) is 12.2 Å². The Morgan fingerprint density at radius 3 is 2.61 bits per heavy atom. The fraction of sp³-hybridized carbons (Fsp3) is 0.769. The van der Waals surface area contributed by atoms with E-state index in [0.717, 1.165) is 5.82 Å². The number of nitrogens with one attached hydrogen (secondary N) is 1. The van der Waals surface area contributed by atoms with Gasteiger partial charge in [0.15, 0.2) is 5.96 Å². The Balaban J connectivity index is 2.57. The number of likely N-dealkylation sites (N-methyl/N-ethyl adjacent to an activating group) is 1. The molecule has 0 aliphatic carbocycles. The first-order valence-corrected chi connectivity index (χ1v) is 7.30. The van der Waals surface area contributed by atoms with Crippen molar-refractivity contribution in [2.45, 2.75) is 19.6 Å². The van der Waals surface area contributed by atoms with E-state index in [0.29, 0.717) is 19.0 Å². The molecule has 0 aliphatic rings. The Bertz CT molecular complexity index is 498. The molecule has 0 unspecified atom stereocenters. The third kappa shape index (κ3) is 7.31. The zero-order valence-corrected chi connectivity index (χ0v) is 13.9. The van der Waals surface area contributed by atoms with Gasteiger partial charge in [-0.05, 0) is 14.0 Å². The van der Waals surface area contributed by atoms with Crippen molar-refractivity contribution in [3.05, 3.63) is 12.2 Å². The highest BCUT2D eigenvalue weighted by atomic mass is 19.4. The van der Waals surface area contributed by atoms with Gasteiger partial charge in [0, 0.05) is 27.2 Å². The first kappa shape index (κ1) is 19.2. The molecule has 1 aromatic heterocycles. The summed E-state index contributed by atoms with van der Waals surface area (Å²) in [5.74, 6) is 1.39. The second-order valence-corrected chi connectivity index (χ2v) is 5.24. The Hall–Kier alpha value is -1.84. The summed E-state index contributed by atoms with van der Waals surface area (Å²) in [6.45, 7) is 2.67. The second-order valence-electron chi connectivity index (χ2n) is 5.24. The molecule has 0 fully saturated rings. The fourth-order valence-electron chi connectivity index (χ4n) is 1.93. The van der Waals surface area contributed by atoms with Crippen LogP contribution in [-0.4, -0.2) is 77.0 Å². The third-order valence-corrected chi connectivity index (χ3v) is 3.07. The molecule has 0 bridgehead atoms. The van der Waals surface area contributed by atoms with Crippen LogP contribution in [-0.2, 0) is 13.6 Å². The standard InChI is InChI=1S/C13H24F3N7/c1-5-17-12(18-6-7-21(2)9-13(14,15)16)22(3)8-11-19-10-20-23(11)4/h10H,5-9H2,1-4H3,(H,17,18). The molecule has 1 rings (SSSR count). The van der Waals surface area contributed by atoms with Crippen LogP contribution in [0.4, 0.5) is 13.2 Å². The monoisotopic (exact) mass is 335 g/mol. The highest BCUT2D eigenvalue weighted by Gasteiger charge is 2.28. The predicted octanol–water partition coefficient (Wildman–Crippen LogP) is 0.706. The molecule has 0 radical (unpaired) electrons. The minimum absolute atomic E-state index is 0.228. The van der Waals surface area contributed by atoms with Crippen LogP contribution in [0.2, 0.25) is 0 Å². The smallest absolute Gasteiger partial charge is 0.357 e. The number of alkyl halides is 3. The Kier molecular flexibility index (Phi) is 7.27. The van der Waals surface area contributed by atoms with Gasteiger partial charge in [0.25, 0.3) is 0 Å². The van der Waals surface area contributed by atoms with E-state index < -0.39 is 12.7 Å². The van der Waals surface area contributed by atoms with Gasteiger partial charge in [-0.1, -0.05) is 0 Å². The van der Waals surface area contributed by atoms with Gasteiger partial charge in [0.2, 0.25) is 0 Å². The lowest BCUT2D eigenvalue weighted by atomic mass is 10.5. The lowest BCUT2D eigenvalue weighted by Crippen LogP contribution is -2.40. The van der Waals surface area contributed by atoms with Gasteiger partial charge in [-0.15, -0.1) is 0 Å². The van der Waals surface area contributed by atoms with Gasteiger partial charge in [-0.2, -0.15) is 18.3 Å². The molecule has 0 saturated heterocycles. The normalized spacial score (nSPS) is 12.8. The summed E-state index contributed by atoms with van der Waals surface area (Å²) < 4.78 is 38.5. The van der Waals surface area contributed by atoms with Crippen LogP contribution in [0.1, 0.15) is 12.7 Å². The number of hydrogen-bond acceptors (Lipinski definition) is 4. The number of guanidine groups is 1. The molecule has 0 amide bonds. The lowest BCUT2D eigenvalue weighted by Gasteiger charge is -2.22. The van der Waals surface area contributed by atoms with Gasteiger partial charge in [0.05, 0.1) is 19.6 Å². The van der Waals surface area contributed by atoms with Crippen molar-refractivity contribution >= 4 is 5.96 Å². The van der Waals surface area contributed by atoms with Crippen molar-refractivity contribution in [3.63, 3.8) is 0 Å². The van der Waals surface area contributed by atoms with E-state index in [1.54, 1.807) is 11.7 Å². The molecule has 7 nitrogen and oxygen atoms in total. The van der Waals surface area contributed by atoms with E-state index in [4.69, 9.17) is 0 Å². The Morgan fingerprint density at radius 2 is 2.09 bits per heavy atom. The maximum absolute atomic E-state index is 12.3. The van der Waals surface area contributed by atoms with Crippen molar-refractivity contribution in [1.29, 1.82) is 0 Å². The van der Waals surface area contributed by atoms with E-state index in [9.17, 15) is 13.2 Å². The van der Waals surface area contributed by atoms with Gasteiger partial charge < -0.3 is 10.2 Å². The van der Waals surface area contributed by atoms with E-state index in [2.05, 4.69) is 20.4 Å². The largest absolute Gasteiger partial charge is 0.401 e. The molecule has 10 heteroatoms. The number of aromatic nitrogens is 3. The Morgan fingerprint density at radius 1 is 1.39 bits per heavy atom. The minimum atomic E-state index is -4.19. The van der Waals surface area contributed by atoms with Crippen molar-refractivity contribution < 1.29 is 13.2 Å². The van der Waals surface area contributed by atoms with Gasteiger partial charge in [-0.25, -0.2) is 4.98 Å². The van der Waals surface area contributed by atoms with E-state index in [1.807, 2.05) is 18.9 Å². The highest BCUT2D eigenvalue weighted by Crippen LogP contribution is 2.15. The van der Waals surface area contributed by atoms with Crippen molar-refractivity contribution in [2.24, 2.45) is 12.0 Å². The topological polar surface area (TPSA) is 61.6 Å². The van der Waals surface area contributed by atoms with Crippen LogP contribution in [0.5, 0.6) is 0 Å². The van der Waals surface area contributed by atoms with Crippen LogP contribution >= 0.6 is 0 Å².